The Morgan fingerprint density at radius 2 is 1.56 bits per heavy atom. The van der Waals surface area contributed by atoms with Gasteiger partial charge in [-0.3, -0.25) is 4.79 Å². The number of hydrogen-bond acceptors (Lipinski definition) is 4. The summed E-state index contributed by atoms with van der Waals surface area (Å²) in [6, 6.07) is 15.5. The summed E-state index contributed by atoms with van der Waals surface area (Å²) in [6.45, 7) is 5.48. The lowest BCUT2D eigenvalue weighted by atomic mass is 10.2. The lowest BCUT2D eigenvalue weighted by Crippen LogP contribution is -2.48. The molecule has 0 spiro atoms. The van der Waals surface area contributed by atoms with Crippen molar-refractivity contribution in [2.24, 2.45) is 0 Å². The van der Waals surface area contributed by atoms with Crippen molar-refractivity contribution in [3.63, 3.8) is 0 Å². The van der Waals surface area contributed by atoms with Crippen LogP contribution in [-0.4, -0.2) is 63.3 Å². The van der Waals surface area contributed by atoms with Gasteiger partial charge in [0.2, 0.25) is 10.0 Å². The molecule has 0 N–H and O–H groups in total. The topological polar surface area (TPSA) is 60.9 Å². The van der Waals surface area contributed by atoms with Gasteiger partial charge in [0.15, 0.2) is 0 Å². The van der Waals surface area contributed by atoms with Crippen molar-refractivity contribution in [1.82, 2.24) is 9.21 Å². The smallest absolute Gasteiger partial charge is 0.258 e. The van der Waals surface area contributed by atoms with E-state index >= 15 is 0 Å². The molecule has 0 aliphatic carbocycles. The Kier molecular flexibility index (Phi) is 5.94. The molecular weight excluding hydrogens is 362 g/mol. The van der Waals surface area contributed by atoms with Gasteiger partial charge in [-0.1, -0.05) is 25.1 Å². The first kappa shape index (κ1) is 19.5. The Bertz CT molecular complexity index is 874. The Hall–Kier alpha value is -2.22. The zero-order valence-corrected chi connectivity index (χ0v) is 16.5. The molecule has 6 nitrogen and oxygen atoms in total. The number of hydrogen-bond donors (Lipinski definition) is 0. The highest BCUT2D eigenvalue weighted by Gasteiger charge is 2.28. The molecule has 0 radical (unpaired) electrons. The summed E-state index contributed by atoms with van der Waals surface area (Å²) < 4.78 is 27.2. The molecule has 2 aromatic rings. The van der Waals surface area contributed by atoms with E-state index < -0.39 is 10.0 Å². The van der Waals surface area contributed by atoms with Gasteiger partial charge in [-0.15, -0.1) is 0 Å². The van der Waals surface area contributed by atoms with Crippen LogP contribution in [0.15, 0.2) is 59.5 Å². The number of anilines is 1. The first-order chi connectivity index (χ1) is 12.9. The average Bonchev–Trinajstić information content (AvgIpc) is 2.73. The molecule has 3 rings (SSSR count). The van der Waals surface area contributed by atoms with E-state index in [1.54, 1.807) is 24.1 Å². The van der Waals surface area contributed by atoms with E-state index in [1.807, 2.05) is 30.3 Å². The van der Waals surface area contributed by atoms with Crippen LogP contribution in [0.25, 0.3) is 0 Å². The Labute approximate surface area is 161 Å². The number of nitrogens with zero attached hydrogens (tertiary/aromatic N) is 3. The molecule has 0 bridgehead atoms. The van der Waals surface area contributed by atoms with E-state index in [1.165, 1.54) is 16.4 Å². The molecule has 7 heteroatoms. The van der Waals surface area contributed by atoms with E-state index in [0.717, 1.165) is 25.3 Å². The van der Waals surface area contributed by atoms with Crippen LogP contribution >= 0.6 is 0 Å². The standard InChI is InChI=1S/C20H25N3O3S/c1-3-22-13-15-23(16-14-22)27(25,26)19-11-9-17(10-12-19)20(24)21(2)18-7-5-4-6-8-18/h4-12H,3,13-16H2,1-2H3. The minimum absolute atomic E-state index is 0.179. The second-order valence-electron chi connectivity index (χ2n) is 6.56. The molecule has 0 atom stereocenters. The molecule has 1 heterocycles. The maximum atomic E-state index is 12.8. The summed E-state index contributed by atoms with van der Waals surface area (Å²) in [5.74, 6) is -0.179. The van der Waals surface area contributed by atoms with Crippen molar-refractivity contribution in [3.8, 4) is 0 Å². The van der Waals surface area contributed by atoms with Crippen molar-refractivity contribution in [3.05, 3.63) is 60.2 Å². The maximum Gasteiger partial charge on any atom is 0.258 e. The normalized spacial score (nSPS) is 16.2. The Morgan fingerprint density at radius 3 is 2.11 bits per heavy atom. The number of carbonyl (C=O) groups excluding carboxylic acids is 1. The van der Waals surface area contributed by atoms with Gasteiger partial charge in [-0.25, -0.2) is 8.42 Å². The molecule has 1 amide bonds. The van der Waals surface area contributed by atoms with Crippen LogP contribution in [0.5, 0.6) is 0 Å². The summed E-state index contributed by atoms with van der Waals surface area (Å²) in [4.78, 5) is 16.6. The lowest BCUT2D eigenvalue weighted by Gasteiger charge is -2.33. The fourth-order valence-electron chi connectivity index (χ4n) is 3.17. The summed E-state index contributed by atoms with van der Waals surface area (Å²) in [5.41, 5.74) is 1.24. The largest absolute Gasteiger partial charge is 0.311 e. The van der Waals surface area contributed by atoms with Gasteiger partial charge in [0.25, 0.3) is 5.91 Å². The Balaban J connectivity index is 1.74. The number of amides is 1. The van der Waals surface area contributed by atoms with Crippen molar-refractivity contribution in [2.75, 3.05) is 44.7 Å². The first-order valence-corrected chi connectivity index (χ1v) is 10.5. The van der Waals surface area contributed by atoms with Gasteiger partial charge in [-0.05, 0) is 42.9 Å². The SMILES string of the molecule is CCN1CCN(S(=O)(=O)c2ccc(C(=O)N(C)c3ccccc3)cc2)CC1. The highest BCUT2D eigenvalue weighted by molar-refractivity contribution is 7.89. The monoisotopic (exact) mass is 387 g/mol. The Morgan fingerprint density at radius 1 is 0.963 bits per heavy atom. The molecule has 0 saturated carbocycles. The van der Waals surface area contributed by atoms with E-state index in [-0.39, 0.29) is 10.8 Å². The van der Waals surface area contributed by atoms with Crippen LogP contribution < -0.4 is 4.90 Å². The van der Waals surface area contributed by atoms with Gasteiger partial charge in [0.05, 0.1) is 4.90 Å². The molecule has 27 heavy (non-hydrogen) atoms. The van der Waals surface area contributed by atoms with Crippen molar-refractivity contribution < 1.29 is 13.2 Å². The zero-order chi connectivity index (χ0) is 19.4. The van der Waals surface area contributed by atoms with E-state index in [9.17, 15) is 13.2 Å². The van der Waals surface area contributed by atoms with Crippen molar-refractivity contribution in [1.29, 1.82) is 0 Å². The fraction of sp³-hybridized carbons (Fsp3) is 0.350. The average molecular weight is 388 g/mol. The number of benzene rings is 2. The highest BCUT2D eigenvalue weighted by atomic mass is 32.2. The quantitative estimate of drug-likeness (QED) is 0.790. The fourth-order valence-corrected chi connectivity index (χ4v) is 4.59. The van der Waals surface area contributed by atoms with Crippen LogP contribution in [0.4, 0.5) is 5.69 Å². The van der Waals surface area contributed by atoms with E-state index in [4.69, 9.17) is 0 Å². The molecule has 1 fully saturated rings. The summed E-state index contributed by atoms with van der Waals surface area (Å²) in [7, 11) is -1.82. The van der Waals surface area contributed by atoms with Gasteiger partial charge in [-0.2, -0.15) is 4.31 Å². The second-order valence-corrected chi connectivity index (χ2v) is 8.50. The van der Waals surface area contributed by atoms with Crippen molar-refractivity contribution >= 4 is 21.6 Å². The van der Waals surface area contributed by atoms with Crippen molar-refractivity contribution in [2.45, 2.75) is 11.8 Å². The van der Waals surface area contributed by atoms with Gasteiger partial charge in [0, 0.05) is 44.5 Å². The van der Waals surface area contributed by atoms with Crippen LogP contribution in [-0.2, 0) is 10.0 Å². The third-order valence-electron chi connectivity index (χ3n) is 4.97. The third-order valence-corrected chi connectivity index (χ3v) is 6.88. The van der Waals surface area contributed by atoms with E-state index in [2.05, 4.69) is 11.8 Å². The predicted molar refractivity (Wildman–Crippen MR) is 106 cm³/mol. The van der Waals surface area contributed by atoms with Crippen LogP contribution in [0.2, 0.25) is 0 Å². The number of carbonyl (C=O) groups is 1. The van der Waals surface area contributed by atoms with Gasteiger partial charge >= 0.3 is 0 Å². The molecule has 1 aliphatic rings. The second kappa shape index (κ2) is 8.21. The molecule has 0 aromatic heterocycles. The first-order valence-electron chi connectivity index (χ1n) is 9.09. The molecule has 2 aromatic carbocycles. The van der Waals surface area contributed by atoms with Crippen LogP contribution in [0, 0.1) is 0 Å². The lowest BCUT2D eigenvalue weighted by molar-refractivity contribution is 0.0993. The number of rotatable bonds is 5. The van der Waals surface area contributed by atoms with Gasteiger partial charge in [0.1, 0.15) is 0 Å². The molecule has 144 valence electrons. The van der Waals surface area contributed by atoms with Crippen LogP contribution in [0.1, 0.15) is 17.3 Å². The highest BCUT2D eigenvalue weighted by Crippen LogP contribution is 2.20. The van der Waals surface area contributed by atoms with E-state index in [0.29, 0.717) is 18.7 Å². The number of piperazine rings is 1. The summed E-state index contributed by atoms with van der Waals surface area (Å²) >= 11 is 0. The number of sulfonamides is 1. The minimum atomic E-state index is -3.53. The summed E-state index contributed by atoms with van der Waals surface area (Å²) in [5, 5.41) is 0. The zero-order valence-electron chi connectivity index (χ0n) is 15.7. The van der Waals surface area contributed by atoms with Crippen LogP contribution in [0.3, 0.4) is 0 Å². The maximum absolute atomic E-state index is 12.8. The molecule has 1 saturated heterocycles. The molecule has 1 aliphatic heterocycles. The van der Waals surface area contributed by atoms with Gasteiger partial charge < -0.3 is 9.80 Å². The molecular formula is C20H25N3O3S. The third kappa shape index (κ3) is 4.21. The molecule has 0 unspecified atom stereocenters. The summed E-state index contributed by atoms with van der Waals surface area (Å²) in [6.07, 6.45) is 0. The predicted octanol–water partition coefficient (Wildman–Crippen LogP) is 2.29. The minimum Gasteiger partial charge on any atom is -0.311 e. The number of likely N-dealkylation sites (N-methyl/N-ethyl adjacent to an activating group) is 1. The number of para-hydroxylation sites is 1.